The third-order valence-corrected chi connectivity index (χ3v) is 3.27. The van der Waals surface area contributed by atoms with E-state index < -0.39 is 0 Å². The van der Waals surface area contributed by atoms with Gasteiger partial charge in [0, 0.05) is 33.4 Å². The van der Waals surface area contributed by atoms with Gasteiger partial charge in [0.1, 0.15) is 0 Å². The lowest BCUT2D eigenvalue weighted by Crippen LogP contribution is -2.40. The van der Waals surface area contributed by atoms with Crippen LogP contribution in [0.25, 0.3) is 0 Å². The van der Waals surface area contributed by atoms with Gasteiger partial charge < -0.3 is 19.7 Å². The van der Waals surface area contributed by atoms with Gasteiger partial charge in [0.25, 0.3) is 0 Å². The number of rotatable bonds is 11. The highest BCUT2D eigenvalue weighted by atomic mass is 16.5. The summed E-state index contributed by atoms with van der Waals surface area (Å²) in [4.78, 5) is 6.71. The Hall–Kier alpha value is -0.810. The van der Waals surface area contributed by atoms with Gasteiger partial charge in [-0.1, -0.05) is 13.8 Å². The molecule has 0 aromatic carbocycles. The molecule has 0 saturated heterocycles. The molecule has 1 saturated carbocycles. The summed E-state index contributed by atoms with van der Waals surface area (Å²) in [6.45, 7) is 12.0. The molecule has 1 rings (SSSR count). The van der Waals surface area contributed by atoms with Crippen molar-refractivity contribution in [3.63, 3.8) is 0 Å². The minimum atomic E-state index is 0.577. The first-order chi connectivity index (χ1) is 10.1. The number of ether oxygens (including phenoxy) is 2. The largest absolute Gasteiger partial charge is 0.379 e. The molecule has 0 aromatic rings. The summed E-state index contributed by atoms with van der Waals surface area (Å²) in [6, 6.07) is 0. The molecule has 0 bridgehead atoms. The van der Waals surface area contributed by atoms with Crippen LogP contribution in [0.4, 0.5) is 0 Å². The first-order valence-electron chi connectivity index (χ1n) is 8.28. The van der Waals surface area contributed by atoms with Gasteiger partial charge in [0.15, 0.2) is 5.96 Å². The van der Waals surface area contributed by atoms with Gasteiger partial charge in [0.05, 0.1) is 19.8 Å². The maximum absolute atomic E-state index is 5.68. The van der Waals surface area contributed by atoms with Gasteiger partial charge in [-0.25, -0.2) is 0 Å². The number of guanidine groups is 1. The van der Waals surface area contributed by atoms with E-state index in [0.29, 0.717) is 19.1 Å². The summed E-state index contributed by atoms with van der Waals surface area (Å²) < 4.78 is 11.2. The number of hydrogen-bond donors (Lipinski definition) is 1. The van der Waals surface area contributed by atoms with E-state index in [2.05, 4.69) is 43.0 Å². The average Bonchev–Trinajstić information content (AvgIpc) is 3.25. The molecule has 1 aliphatic carbocycles. The van der Waals surface area contributed by atoms with Gasteiger partial charge in [-0.05, 0) is 31.6 Å². The maximum atomic E-state index is 5.68. The zero-order valence-corrected chi connectivity index (χ0v) is 14.2. The van der Waals surface area contributed by atoms with E-state index in [0.717, 1.165) is 44.8 Å². The second kappa shape index (κ2) is 10.9. The molecule has 1 fully saturated rings. The van der Waals surface area contributed by atoms with E-state index in [1.807, 2.05) is 0 Å². The first kappa shape index (κ1) is 18.2. The summed E-state index contributed by atoms with van der Waals surface area (Å²) >= 11 is 0. The molecule has 0 heterocycles. The topological polar surface area (TPSA) is 46.1 Å². The molecule has 124 valence electrons. The summed E-state index contributed by atoms with van der Waals surface area (Å²) in [6.07, 6.45) is 2.69. The number of nitrogens with zero attached hydrogens (tertiary/aromatic N) is 2. The van der Waals surface area contributed by atoms with E-state index >= 15 is 0 Å². The standard InChI is InChI=1S/C16H33N3O2/c1-5-17-16(18-8-10-20-12-14(2)3)19(4)9-11-21-13-15-6-7-15/h14-15H,5-13H2,1-4H3,(H,17,18). The van der Waals surface area contributed by atoms with E-state index in [-0.39, 0.29) is 0 Å². The van der Waals surface area contributed by atoms with Gasteiger partial charge in [-0.2, -0.15) is 0 Å². The lowest BCUT2D eigenvalue weighted by molar-refractivity contribution is 0.113. The van der Waals surface area contributed by atoms with Crippen LogP contribution >= 0.6 is 0 Å². The Morgan fingerprint density at radius 3 is 2.67 bits per heavy atom. The van der Waals surface area contributed by atoms with Crippen molar-refractivity contribution in [2.75, 3.05) is 53.1 Å². The Balaban J connectivity index is 2.17. The summed E-state index contributed by atoms with van der Waals surface area (Å²) in [7, 11) is 2.05. The predicted molar refractivity (Wildman–Crippen MR) is 87.8 cm³/mol. The monoisotopic (exact) mass is 299 g/mol. The third kappa shape index (κ3) is 9.69. The van der Waals surface area contributed by atoms with E-state index in [1.165, 1.54) is 12.8 Å². The number of likely N-dealkylation sites (N-methyl/N-ethyl adjacent to an activating group) is 1. The Bertz CT molecular complexity index is 291. The molecule has 5 nitrogen and oxygen atoms in total. The van der Waals surface area contributed by atoms with Crippen LogP contribution in [-0.2, 0) is 9.47 Å². The normalized spacial score (nSPS) is 15.6. The summed E-state index contributed by atoms with van der Waals surface area (Å²) in [5.74, 6) is 2.34. The summed E-state index contributed by atoms with van der Waals surface area (Å²) in [5.41, 5.74) is 0. The highest BCUT2D eigenvalue weighted by Crippen LogP contribution is 2.28. The molecule has 0 spiro atoms. The van der Waals surface area contributed by atoms with E-state index in [9.17, 15) is 0 Å². The second-order valence-electron chi connectivity index (χ2n) is 6.14. The van der Waals surface area contributed by atoms with Crippen molar-refractivity contribution < 1.29 is 9.47 Å². The Morgan fingerprint density at radius 2 is 2.05 bits per heavy atom. The molecule has 0 aliphatic heterocycles. The fourth-order valence-corrected chi connectivity index (χ4v) is 1.85. The number of nitrogens with one attached hydrogen (secondary N) is 1. The Morgan fingerprint density at radius 1 is 1.29 bits per heavy atom. The van der Waals surface area contributed by atoms with Crippen molar-refractivity contribution in [1.82, 2.24) is 10.2 Å². The van der Waals surface area contributed by atoms with E-state index in [1.54, 1.807) is 0 Å². The number of aliphatic imine (C=N–C) groups is 1. The lowest BCUT2D eigenvalue weighted by atomic mass is 10.2. The fraction of sp³-hybridized carbons (Fsp3) is 0.938. The SMILES string of the molecule is CCNC(=NCCOCC(C)C)N(C)CCOCC1CC1. The van der Waals surface area contributed by atoms with Gasteiger partial charge in [0.2, 0.25) is 0 Å². The Labute approximate surface area is 130 Å². The van der Waals surface area contributed by atoms with Crippen molar-refractivity contribution in [2.24, 2.45) is 16.8 Å². The molecule has 1 aliphatic rings. The van der Waals surface area contributed by atoms with Crippen molar-refractivity contribution in [3.8, 4) is 0 Å². The predicted octanol–water partition coefficient (Wildman–Crippen LogP) is 1.98. The van der Waals surface area contributed by atoms with Crippen LogP contribution in [0.15, 0.2) is 4.99 Å². The average molecular weight is 299 g/mol. The smallest absolute Gasteiger partial charge is 0.193 e. The minimum Gasteiger partial charge on any atom is -0.379 e. The van der Waals surface area contributed by atoms with Crippen LogP contribution in [-0.4, -0.2) is 64.0 Å². The zero-order chi connectivity index (χ0) is 15.5. The molecule has 5 heteroatoms. The van der Waals surface area contributed by atoms with Crippen LogP contribution in [0.3, 0.4) is 0 Å². The summed E-state index contributed by atoms with van der Waals surface area (Å²) in [5, 5.41) is 3.31. The van der Waals surface area contributed by atoms with Crippen LogP contribution in [0.2, 0.25) is 0 Å². The highest BCUT2D eigenvalue weighted by molar-refractivity contribution is 5.79. The van der Waals surface area contributed by atoms with Crippen molar-refractivity contribution in [1.29, 1.82) is 0 Å². The van der Waals surface area contributed by atoms with Crippen LogP contribution < -0.4 is 5.32 Å². The van der Waals surface area contributed by atoms with Crippen molar-refractivity contribution >= 4 is 5.96 Å². The minimum absolute atomic E-state index is 0.577. The van der Waals surface area contributed by atoms with E-state index in [4.69, 9.17) is 9.47 Å². The molecule has 0 unspecified atom stereocenters. The first-order valence-corrected chi connectivity index (χ1v) is 8.28. The molecule has 0 amide bonds. The molecule has 21 heavy (non-hydrogen) atoms. The van der Waals surface area contributed by atoms with Crippen LogP contribution in [0.1, 0.15) is 33.6 Å². The van der Waals surface area contributed by atoms with Crippen molar-refractivity contribution in [3.05, 3.63) is 0 Å². The molecule has 0 atom stereocenters. The van der Waals surface area contributed by atoms with Crippen molar-refractivity contribution in [2.45, 2.75) is 33.6 Å². The highest BCUT2D eigenvalue weighted by Gasteiger charge is 2.21. The zero-order valence-electron chi connectivity index (χ0n) is 14.2. The van der Waals surface area contributed by atoms with Crippen LogP contribution in [0, 0.1) is 11.8 Å². The fourth-order valence-electron chi connectivity index (χ4n) is 1.85. The molecule has 0 aromatic heterocycles. The quantitative estimate of drug-likeness (QED) is 0.360. The van der Waals surface area contributed by atoms with Crippen LogP contribution in [0.5, 0.6) is 0 Å². The molecular formula is C16H33N3O2. The molecule has 0 radical (unpaired) electrons. The molecular weight excluding hydrogens is 266 g/mol. The number of hydrogen-bond acceptors (Lipinski definition) is 3. The van der Waals surface area contributed by atoms with Gasteiger partial charge >= 0.3 is 0 Å². The second-order valence-corrected chi connectivity index (χ2v) is 6.14. The van der Waals surface area contributed by atoms with Gasteiger partial charge in [-0.15, -0.1) is 0 Å². The third-order valence-electron chi connectivity index (χ3n) is 3.27. The lowest BCUT2D eigenvalue weighted by Gasteiger charge is -2.22. The molecule has 1 N–H and O–H groups in total. The van der Waals surface area contributed by atoms with Gasteiger partial charge in [-0.3, -0.25) is 4.99 Å². The Kier molecular flexibility index (Phi) is 9.42. The maximum Gasteiger partial charge on any atom is 0.193 e.